The SMILES string of the molecule is CCC1CN(C(=O)c2cccc(N)c2Br)CCN1C. The van der Waals surface area contributed by atoms with Crippen molar-refractivity contribution in [2.45, 2.75) is 19.4 Å². The number of carbonyl (C=O) groups excluding carboxylic acids is 1. The Labute approximate surface area is 122 Å². The number of halogens is 1. The Morgan fingerprint density at radius 3 is 2.89 bits per heavy atom. The Balaban J connectivity index is 2.18. The van der Waals surface area contributed by atoms with E-state index in [-0.39, 0.29) is 5.91 Å². The van der Waals surface area contributed by atoms with Crippen molar-refractivity contribution in [1.29, 1.82) is 0 Å². The van der Waals surface area contributed by atoms with E-state index in [1.54, 1.807) is 6.07 Å². The second kappa shape index (κ2) is 5.92. The minimum absolute atomic E-state index is 0.0609. The number of nitrogens with zero attached hydrogens (tertiary/aromatic N) is 2. The summed E-state index contributed by atoms with van der Waals surface area (Å²) >= 11 is 3.41. The molecule has 0 bridgehead atoms. The van der Waals surface area contributed by atoms with Crippen LogP contribution in [-0.4, -0.2) is 48.4 Å². The van der Waals surface area contributed by atoms with Crippen LogP contribution in [0.4, 0.5) is 5.69 Å². The van der Waals surface area contributed by atoms with Crippen LogP contribution in [0.1, 0.15) is 23.7 Å². The largest absolute Gasteiger partial charge is 0.398 e. The number of anilines is 1. The molecule has 0 aromatic heterocycles. The molecule has 1 saturated heterocycles. The number of carbonyl (C=O) groups is 1. The van der Waals surface area contributed by atoms with Crippen LogP contribution in [0.3, 0.4) is 0 Å². The van der Waals surface area contributed by atoms with Crippen molar-refractivity contribution >= 4 is 27.5 Å². The maximum atomic E-state index is 12.6. The van der Waals surface area contributed by atoms with Gasteiger partial charge in [-0.1, -0.05) is 13.0 Å². The van der Waals surface area contributed by atoms with Gasteiger partial charge in [0.2, 0.25) is 0 Å². The van der Waals surface area contributed by atoms with Crippen molar-refractivity contribution < 1.29 is 4.79 Å². The van der Waals surface area contributed by atoms with Gasteiger partial charge in [-0.3, -0.25) is 9.69 Å². The molecule has 1 aromatic carbocycles. The van der Waals surface area contributed by atoms with Gasteiger partial charge in [-0.15, -0.1) is 0 Å². The zero-order valence-corrected chi connectivity index (χ0v) is 13.0. The molecule has 0 spiro atoms. The number of likely N-dealkylation sites (N-methyl/N-ethyl adjacent to an activating group) is 1. The smallest absolute Gasteiger partial charge is 0.255 e. The molecule has 0 aliphatic carbocycles. The molecular weight excluding hydrogens is 306 g/mol. The topological polar surface area (TPSA) is 49.6 Å². The molecule has 1 amide bonds. The number of hydrogen-bond donors (Lipinski definition) is 1. The summed E-state index contributed by atoms with van der Waals surface area (Å²) in [6, 6.07) is 5.88. The number of piperazine rings is 1. The Kier molecular flexibility index (Phi) is 4.47. The summed E-state index contributed by atoms with van der Waals surface area (Å²) in [5.41, 5.74) is 7.09. The molecule has 1 heterocycles. The number of nitrogens with two attached hydrogens (primary N) is 1. The lowest BCUT2D eigenvalue weighted by Crippen LogP contribution is -2.53. The molecule has 1 aliphatic heterocycles. The Morgan fingerprint density at radius 1 is 1.47 bits per heavy atom. The Bertz CT molecular complexity index is 478. The zero-order chi connectivity index (χ0) is 14.0. The quantitative estimate of drug-likeness (QED) is 0.848. The van der Waals surface area contributed by atoms with Gasteiger partial charge in [-0.2, -0.15) is 0 Å². The fraction of sp³-hybridized carbons (Fsp3) is 0.500. The molecule has 1 unspecified atom stereocenters. The number of rotatable bonds is 2. The van der Waals surface area contributed by atoms with Crippen LogP contribution in [-0.2, 0) is 0 Å². The van der Waals surface area contributed by atoms with E-state index in [4.69, 9.17) is 5.73 Å². The van der Waals surface area contributed by atoms with Gasteiger partial charge >= 0.3 is 0 Å². The van der Waals surface area contributed by atoms with Gasteiger partial charge < -0.3 is 10.6 Å². The van der Waals surface area contributed by atoms with Crippen molar-refractivity contribution in [2.24, 2.45) is 0 Å². The van der Waals surface area contributed by atoms with Gasteiger partial charge in [-0.25, -0.2) is 0 Å². The summed E-state index contributed by atoms with van der Waals surface area (Å²) in [7, 11) is 2.12. The molecule has 1 aromatic rings. The van der Waals surface area contributed by atoms with Crippen LogP contribution in [0, 0.1) is 0 Å². The summed E-state index contributed by atoms with van der Waals surface area (Å²) in [6.07, 6.45) is 1.05. The van der Waals surface area contributed by atoms with E-state index < -0.39 is 0 Å². The van der Waals surface area contributed by atoms with Crippen molar-refractivity contribution in [1.82, 2.24) is 9.80 Å². The lowest BCUT2D eigenvalue weighted by molar-refractivity contribution is 0.0541. The first-order chi connectivity index (χ1) is 9.04. The van der Waals surface area contributed by atoms with Crippen LogP contribution in [0.25, 0.3) is 0 Å². The van der Waals surface area contributed by atoms with Gasteiger partial charge in [-0.05, 0) is 41.5 Å². The van der Waals surface area contributed by atoms with Gasteiger partial charge in [0.15, 0.2) is 0 Å². The average molecular weight is 326 g/mol. The third kappa shape index (κ3) is 2.92. The number of nitrogen functional groups attached to an aromatic ring is 1. The fourth-order valence-electron chi connectivity index (χ4n) is 2.46. The third-order valence-electron chi connectivity index (χ3n) is 3.79. The summed E-state index contributed by atoms with van der Waals surface area (Å²) in [4.78, 5) is 16.8. The molecule has 19 heavy (non-hydrogen) atoms. The predicted octanol–water partition coefficient (Wildman–Crippen LogP) is 2.20. The van der Waals surface area contributed by atoms with Gasteiger partial charge in [0, 0.05) is 31.4 Å². The second-order valence-corrected chi connectivity index (χ2v) is 5.80. The van der Waals surface area contributed by atoms with Crippen LogP contribution >= 0.6 is 15.9 Å². The molecule has 1 atom stereocenters. The zero-order valence-electron chi connectivity index (χ0n) is 11.4. The summed E-state index contributed by atoms with van der Waals surface area (Å²) in [5, 5.41) is 0. The highest BCUT2D eigenvalue weighted by atomic mass is 79.9. The third-order valence-corrected chi connectivity index (χ3v) is 4.68. The van der Waals surface area contributed by atoms with E-state index in [2.05, 4.69) is 34.8 Å². The first-order valence-corrected chi connectivity index (χ1v) is 7.37. The van der Waals surface area contributed by atoms with Crippen LogP contribution in [0.15, 0.2) is 22.7 Å². The lowest BCUT2D eigenvalue weighted by Gasteiger charge is -2.39. The minimum atomic E-state index is 0.0609. The standard InChI is InChI=1S/C14H20BrN3O/c1-3-10-9-18(8-7-17(10)2)14(19)11-5-4-6-12(16)13(11)15/h4-6,10H,3,7-9,16H2,1-2H3. The normalized spacial score (nSPS) is 20.6. The molecule has 2 N–H and O–H groups in total. The molecule has 104 valence electrons. The van der Waals surface area contributed by atoms with Crippen molar-refractivity contribution in [2.75, 3.05) is 32.4 Å². The number of benzene rings is 1. The van der Waals surface area contributed by atoms with Crippen LogP contribution in [0.5, 0.6) is 0 Å². The van der Waals surface area contributed by atoms with E-state index in [9.17, 15) is 4.79 Å². The molecule has 5 heteroatoms. The minimum Gasteiger partial charge on any atom is -0.398 e. The maximum Gasteiger partial charge on any atom is 0.255 e. The van der Waals surface area contributed by atoms with E-state index in [0.29, 0.717) is 21.8 Å². The van der Waals surface area contributed by atoms with Crippen LogP contribution < -0.4 is 5.73 Å². The summed E-state index contributed by atoms with van der Waals surface area (Å²) in [5.74, 6) is 0.0609. The van der Waals surface area contributed by atoms with Crippen molar-refractivity contribution in [3.8, 4) is 0 Å². The number of amides is 1. The lowest BCUT2D eigenvalue weighted by atomic mass is 10.1. The van der Waals surface area contributed by atoms with E-state index >= 15 is 0 Å². The van der Waals surface area contributed by atoms with Crippen LogP contribution in [0.2, 0.25) is 0 Å². The predicted molar refractivity (Wildman–Crippen MR) is 81.2 cm³/mol. The van der Waals surface area contributed by atoms with Gasteiger partial charge in [0.1, 0.15) is 0 Å². The fourth-order valence-corrected chi connectivity index (χ4v) is 2.89. The van der Waals surface area contributed by atoms with E-state index in [1.807, 2.05) is 17.0 Å². The average Bonchev–Trinajstić information content (AvgIpc) is 2.41. The highest BCUT2D eigenvalue weighted by Crippen LogP contribution is 2.25. The maximum absolute atomic E-state index is 12.6. The first kappa shape index (κ1) is 14.3. The summed E-state index contributed by atoms with van der Waals surface area (Å²) in [6.45, 7) is 4.63. The monoisotopic (exact) mass is 325 g/mol. The van der Waals surface area contributed by atoms with E-state index in [0.717, 1.165) is 26.1 Å². The first-order valence-electron chi connectivity index (χ1n) is 6.58. The highest BCUT2D eigenvalue weighted by molar-refractivity contribution is 9.10. The Hall–Kier alpha value is -1.07. The molecule has 1 fully saturated rings. The van der Waals surface area contributed by atoms with Crippen molar-refractivity contribution in [3.05, 3.63) is 28.2 Å². The van der Waals surface area contributed by atoms with Gasteiger partial charge in [0.25, 0.3) is 5.91 Å². The molecule has 4 nitrogen and oxygen atoms in total. The number of hydrogen-bond acceptors (Lipinski definition) is 3. The molecule has 0 saturated carbocycles. The molecule has 1 aliphatic rings. The van der Waals surface area contributed by atoms with Gasteiger partial charge in [0.05, 0.1) is 10.0 Å². The highest BCUT2D eigenvalue weighted by Gasteiger charge is 2.27. The van der Waals surface area contributed by atoms with Crippen molar-refractivity contribution in [3.63, 3.8) is 0 Å². The Morgan fingerprint density at radius 2 is 2.21 bits per heavy atom. The second-order valence-electron chi connectivity index (χ2n) is 5.00. The molecular formula is C14H20BrN3O. The molecule has 0 radical (unpaired) electrons. The van der Waals surface area contributed by atoms with E-state index in [1.165, 1.54) is 0 Å². The molecule has 2 rings (SSSR count). The summed E-state index contributed by atoms with van der Waals surface area (Å²) < 4.78 is 0.701.